The lowest BCUT2D eigenvalue weighted by Crippen LogP contribution is -2.68. The topological polar surface area (TPSA) is 77.8 Å². The van der Waals surface area contributed by atoms with E-state index in [2.05, 4.69) is 46.8 Å². The quantitative estimate of drug-likeness (QED) is 0.543. The van der Waals surface area contributed by atoms with Crippen LogP contribution >= 0.6 is 0 Å². The molecule has 0 bridgehead atoms. The smallest absolute Gasteiger partial charge is 0.159 e. The Morgan fingerprint density at radius 1 is 0.938 bits per heavy atom. The molecule has 4 aliphatic rings. The first-order chi connectivity index (χ1) is 14.8. The standard InChI is InChI=1S/C28H44O4/c1-17(2)18(3)7-8-19(4)21-10-12-27(31)24-16-23(30)22-15-20(29)9-11-25(22,5)28(24,32)14-13-26(21,27)6/h7-8,16-22,29,31-32H,9-15H2,1-6H3/b8-7+/t18-,19+,20-,21+,22+,25-,26+,27-,28+/m0/s1. The molecule has 0 aromatic rings. The third-order valence-corrected chi connectivity index (χ3v) is 10.7. The molecule has 4 aliphatic carbocycles. The molecule has 3 saturated carbocycles. The largest absolute Gasteiger partial charge is 0.393 e. The lowest BCUT2D eigenvalue weighted by Gasteiger charge is -2.63. The van der Waals surface area contributed by atoms with Crippen LogP contribution in [0.1, 0.15) is 86.5 Å². The van der Waals surface area contributed by atoms with Crippen LogP contribution in [0.15, 0.2) is 23.8 Å². The van der Waals surface area contributed by atoms with E-state index in [1.165, 1.54) is 0 Å². The van der Waals surface area contributed by atoms with Gasteiger partial charge < -0.3 is 15.3 Å². The van der Waals surface area contributed by atoms with Crippen LogP contribution in [-0.2, 0) is 4.79 Å². The summed E-state index contributed by atoms with van der Waals surface area (Å²) in [6, 6.07) is 0. The van der Waals surface area contributed by atoms with Gasteiger partial charge in [0, 0.05) is 16.7 Å². The van der Waals surface area contributed by atoms with Gasteiger partial charge in [0.15, 0.2) is 5.78 Å². The highest BCUT2D eigenvalue weighted by Gasteiger charge is 2.71. The van der Waals surface area contributed by atoms with Crippen molar-refractivity contribution in [3.05, 3.63) is 23.8 Å². The number of aliphatic hydroxyl groups excluding tert-OH is 1. The number of aliphatic hydroxyl groups is 3. The van der Waals surface area contributed by atoms with Crippen molar-refractivity contribution in [3.63, 3.8) is 0 Å². The van der Waals surface area contributed by atoms with E-state index in [0.29, 0.717) is 61.3 Å². The summed E-state index contributed by atoms with van der Waals surface area (Å²) in [5, 5.41) is 34.6. The summed E-state index contributed by atoms with van der Waals surface area (Å²) in [4.78, 5) is 13.2. The van der Waals surface area contributed by atoms with E-state index >= 15 is 0 Å². The first kappa shape index (κ1) is 24.2. The Kier molecular flexibility index (Phi) is 5.88. The molecule has 0 aromatic carbocycles. The van der Waals surface area contributed by atoms with Crippen molar-refractivity contribution in [2.45, 2.75) is 104 Å². The maximum absolute atomic E-state index is 13.2. The van der Waals surface area contributed by atoms with Crippen LogP contribution in [-0.4, -0.2) is 38.4 Å². The van der Waals surface area contributed by atoms with Crippen LogP contribution in [0.5, 0.6) is 0 Å². The van der Waals surface area contributed by atoms with Crippen LogP contribution in [0.25, 0.3) is 0 Å². The molecule has 0 aromatic heterocycles. The molecular weight excluding hydrogens is 400 g/mol. The highest BCUT2D eigenvalue weighted by atomic mass is 16.3. The monoisotopic (exact) mass is 444 g/mol. The first-order valence-electron chi connectivity index (χ1n) is 12.9. The second-order valence-corrected chi connectivity index (χ2v) is 12.5. The fourth-order valence-electron chi connectivity index (χ4n) is 7.87. The lowest BCUT2D eigenvalue weighted by molar-refractivity contribution is -0.191. The molecule has 0 saturated heterocycles. The van der Waals surface area contributed by atoms with E-state index in [-0.39, 0.29) is 17.1 Å². The highest BCUT2D eigenvalue weighted by Crippen LogP contribution is 2.69. The fourth-order valence-corrected chi connectivity index (χ4v) is 7.87. The van der Waals surface area contributed by atoms with Gasteiger partial charge in [-0.15, -0.1) is 0 Å². The molecule has 0 spiro atoms. The Morgan fingerprint density at radius 2 is 1.59 bits per heavy atom. The van der Waals surface area contributed by atoms with Crippen molar-refractivity contribution in [1.82, 2.24) is 0 Å². The highest BCUT2D eigenvalue weighted by molar-refractivity contribution is 5.95. The number of fused-ring (bicyclic) bond motifs is 5. The maximum atomic E-state index is 13.2. The molecule has 4 heteroatoms. The summed E-state index contributed by atoms with van der Waals surface area (Å²) < 4.78 is 0. The Morgan fingerprint density at radius 3 is 2.25 bits per heavy atom. The van der Waals surface area contributed by atoms with Gasteiger partial charge in [0.05, 0.1) is 17.3 Å². The minimum absolute atomic E-state index is 0.0225. The van der Waals surface area contributed by atoms with Gasteiger partial charge in [-0.3, -0.25) is 4.79 Å². The minimum Gasteiger partial charge on any atom is -0.393 e. The second-order valence-electron chi connectivity index (χ2n) is 12.5. The van der Waals surface area contributed by atoms with Gasteiger partial charge in [0.25, 0.3) is 0 Å². The van der Waals surface area contributed by atoms with E-state index in [1.54, 1.807) is 6.08 Å². The number of rotatable bonds is 4. The maximum Gasteiger partial charge on any atom is 0.159 e. The number of ketones is 1. The molecule has 4 rings (SSSR count). The fraction of sp³-hybridized carbons (Fsp3) is 0.821. The van der Waals surface area contributed by atoms with Crippen molar-refractivity contribution in [3.8, 4) is 0 Å². The summed E-state index contributed by atoms with van der Waals surface area (Å²) in [5.74, 6) is 1.35. The SMILES string of the molecule is CC(C)[C@@H](C)/C=C/[C@@H](C)[C@H]1CC[C@]2(O)C3=CC(=O)[C@H]4C[C@@H](O)CC[C@]4(C)[C@@]3(O)CC[C@]12C. The first-order valence-corrected chi connectivity index (χ1v) is 12.9. The van der Waals surface area contributed by atoms with Crippen LogP contribution < -0.4 is 0 Å². The van der Waals surface area contributed by atoms with Crippen LogP contribution in [0.3, 0.4) is 0 Å². The molecule has 0 amide bonds. The Balaban J connectivity index is 1.70. The molecule has 180 valence electrons. The predicted octanol–water partition coefficient (Wildman–Crippen LogP) is 4.82. The van der Waals surface area contributed by atoms with E-state index in [9.17, 15) is 20.1 Å². The van der Waals surface area contributed by atoms with Gasteiger partial charge in [-0.1, -0.05) is 53.7 Å². The third kappa shape index (κ3) is 3.15. The molecule has 32 heavy (non-hydrogen) atoms. The van der Waals surface area contributed by atoms with Gasteiger partial charge in [-0.05, 0) is 80.3 Å². The molecule has 4 nitrogen and oxygen atoms in total. The summed E-state index contributed by atoms with van der Waals surface area (Å²) in [7, 11) is 0. The summed E-state index contributed by atoms with van der Waals surface area (Å²) in [6.07, 6.45) is 10.2. The number of carbonyl (C=O) groups excluding carboxylic acids is 1. The Labute approximate surface area is 194 Å². The van der Waals surface area contributed by atoms with Gasteiger partial charge in [0.1, 0.15) is 0 Å². The van der Waals surface area contributed by atoms with Crippen LogP contribution in [0.2, 0.25) is 0 Å². The zero-order valence-electron chi connectivity index (χ0n) is 20.9. The van der Waals surface area contributed by atoms with Gasteiger partial charge >= 0.3 is 0 Å². The Bertz CT molecular complexity index is 829. The number of hydrogen-bond donors (Lipinski definition) is 3. The average Bonchev–Trinajstić information content (AvgIpc) is 3.01. The van der Waals surface area contributed by atoms with Crippen molar-refractivity contribution in [2.75, 3.05) is 0 Å². The van der Waals surface area contributed by atoms with Gasteiger partial charge in [-0.25, -0.2) is 0 Å². The molecule has 9 atom stereocenters. The van der Waals surface area contributed by atoms with E-state index in [0.717, 1.165) is 12.8 Å². The van der Waals surface area contributed by atoms with E-state index < -0.39 is 22.7 Å². The van der Waals surface area contributed by atoms with Crippen molar-refractivity contribution in [2.24, 2.45) is 40.4 Å². The molecule has 3 N–H and O–H groups in total. The van der Waals surface area contributed by atoms with E-state index in [4.69, 9.17) is 0 Å². The van der Waals surface area contributed by atoms with Crippen LogP contribution in [0, 0.1) is 40.4 Å². The zero-order valence-corrected chi connectivity index (χ0v) is 20.9. The van der Waals surface area contributed by atoms with Crippen molar-refractivity contribution < 1.29 is 20.1 Å². The normalized spacial score (nSPS) is 48.2. The molecule has 0 heterocycles. The molecule has 0 unspecified atom stereocenters. The number of hydrogen-bond acceptors (Lipinski definition) is 4. The zero-order chi connectivity index (χ0) is 23.7. The molecule has 0 aliphatic heterocycles. The van der Waals surface area contributed by atoms with E-state index in [1.807, 2.05) is 6.92 Å². The molecule has 0 radical (unpaired) electrons. The summed E-state index contributed by atoms with van der Waals surface area (Å²) in [6.45, 7) is 13.2. The summed E-state index contributed by atoms with van der Waals surface area (Å²) in [5.41, 5.74) is -2.75. The number of allylic oxidation sites excluding steroid dienone is 3. The Hall–Kier alpha value is -0.970. The third-order valence-electron chi connectivity index (χ3n) is 10.7. The second kappa shape index (κ2) is 7.78. The molecule has 3 fully saturated rings. The summed E-state index contributed by atoms with van der Waals surface area (Å²) >= 11 is 0. The lowest BCUT2D eigenvalue weighted by atomic mass is 9.44. The van der Waals surface area contributed by atoms with Crippen molar-refractivity contribution >= 4 is 5.78 Å². The minimum atomic E-state index is -1.18. The van der Waals surface area contributed by atoms with Crippen LogP contribution in [0.4, 0.5) is 0 Å². The van der Waals surface area contributed by atoms with Gasteiger partial charge in [0.2, 0.25) is 0 Å². The van der Waals surface area contributed by atoms with Gasteiger partial charge in [-0.2, -0.15) is 0 Å². The molecular formula is C28H44O4. The van der Waals surface area contributed by atoms with Crippen molar-refractivity contribution in [1.29, 1.82) is 0 Å². The number of carbonyl (C=O) groups is 1. The predicted molar refractivity (Wildman–Crippen MR) is 127 cm³/mol. The average molecular weight is 445 g/mol.